The van der Waals surface area contributed by atoms with Crippen LogP contribution in [-0.2, 0) is 26.2 Å². The van der Waals surface area contributed by atoms with E-state index in [1.165, 1.54) is 86.5 Å². The molecule has 0 radical (unpaired) electrons. The summed E-state index contributed by atoms with van der Waals surface area (Å²) in [5.74, 6) is 0.332. The third-order valence-electron chi connectivity index (χ3n) is 6.63. The van der Waals surface area contributed by atoms with Crippen LogP contribution in [-0.4, -0.2) is 0 Å². The molecule has 0 aromatic heterocycles. The number of fused-ring (bicyclic) bond motifs is 1. The van der Waals surface area contributed by atoms with Crippen molar-refractivity contribution in [2.75, 3.05) is 0 Å². The van der Waals surface area contributed by atoms with Gasteiger partial charge in [-0.1, -0.05) is 118 Å². The molecule has 1 atom stereocenters. The molecule has 33 heavy (non-hydrogen) atoms. The number of rotatable bonds is 3. The molecule has 0 bridgehead atoms. The van der Waals surface area contributed by atoms with Crippen molar-refractivity contribution >= 4 is 5.57 Å². The zero-order valence-corrected chi connectivity index (χ0v) is 22.3. The maximum absolute atomic E-state index is 3.62. The molecular weight excluding hydrogens is 476 g/mol. The van der Waals surface area contributed by atoms with Gasteiger partial charge in [0, 0.05) is 0 Å². The van der Waals surface area contributed by atoms with E-state index in [0.29, 0.717) is 5.92 Å². The van der Waals surface area contributed by atoms with Gasteiger partial charge in [0.15, 0.2) is 0 Å². The molecule has 0 unspecified atom stereocenters. The second kappa shape index (κ2) is 14.4. The van der Waals surface area contributed by atoms with Crippen LogP contribution in [0.5, 0.6) is 0 Å². The van der Waals surface area contributed by atoms with E-state index in [0.717, 1.165) is 5.56 Å². The van der Waals surface area contributed by atoms with Gasteiger partial charge in [0.2, 0.25) is 0 Å². The van der Waals surface area contributed by atoms with Gasteiger partial charge in [-0.2, -0.15) is 23.6 Å². The largest absolute Gasteiger partial charge is 4.00 e. The molecule has 0 saturated heterocycles. The van der Waals surface area contributed by atoms with Crippen LogP contribution in [0.4, 0.5) is 0 Å². The molecular formula is C32H36Zr+2. The number of hydrogen-bond acceptors (Lipinski definition) is 0. The van der Waals surface area contributed by atoms with Gasteiger partial charge in [-0.05, 0) is 0 Å². The van der Waals surface area contributed by atoms with Crippen LogP contribution in [0, 0.1) is 12.5 Å². The van der Waals surface area contributed by atoms with Crippen LogP contribution in [0.3, 0.4) is 0 Å². The van der Waals surface area contributed by atoms with E-state index >= 15 is 0 Å². The second-order valence-corrected chi connectivity index (χ2v) is 9.08. The summed E-state index contributed by atoms with van der Waals surface area (Å²) in [6.45, 7) is 0. The maximum Gasteiger partial charge on any atom is 4.00 e. The Balaban J connectivity index is 0.000000230. The summed E-state index contributed by atoms with van der Waals surface area (Å²) in [4.78, 5) is 0. The first-order valence-electron chi connectivity index (χ1n) is 12.6. The first-order valence-corrected chi connectivity index (χ1v) is 12.6. The minimum atomic E-state index is 0. The monoisotopic (exact) mass is 510 g/mol. The molecule has 0 aliphatic heterocycles. The summed E-state index contributed by atoms with van der Waals surface area (Å²) in [5.41, 5.74) is 6.34. The Morgan fingerprint density at radius 3 is 1.55 bits per heavy atom. The number of allylic oxidation sites excluding steroid dienone is 1. The molecule has 1 heteroatoms. The number of hydrogen-bond donors (Lipinski definition) is 0. The van der Waals surface area contributed by atoms with Gasteiger partial charge in [0.05, 0.1) is 0 Å². The van der Waals surface area contributed by atoms with Gasteiger partial charge in [0.25, 0.3) is 0 Å². The Kier molecular flexibility index (Phi) is 11.3. The van der Waals surface area contributed by atoms with Crippen LogP contribution >= 0.6 is 0 Å². The summed E-state index contributed by atoms with van der Waals surface area (Å²) in [5, 5.41) is 0. The van der Waals surface area contributed by atoms with Gasteiger partial charge < -0.3 is 0 Å². The second-order valence-electron chi connectivity index (χ2n) is 9.08. The van der Waals surface area contributed by atoms with E-state index in [4.69, 9.17) is 0 Å². The summed E-state index contributed by atoms with van der Waals surface area (Å²) in [7, 11) is 0. The third-order valence-corrected chi connectivity index (χ3v) is 6.63. The van der Waals surface area contributed by atoms with Crippen molar-refractivity contribution in [1.82, 2.24) is 0 Å². The Morgan fingerprint density at radius 2 is 1.03 bits per heavy atom. The molecule has 0 nitrogen and oxygen atoms in total. The molecule has 3 aliphatic carbocycles. The molecule has 3 aliphatic rings. The van der Waals surface area contributed by atoms with Gasteiger partial charge in [-0.25, -0.2) is 0 Å². The first-order chi connectivity index (χ1) is 15.9. The van der Waals surface area contributed by atoms with Crippen molar-refractivity contribution in [3.05, 3.63) is 120 Å². The summed E-state index contributed by atoms with van der Waals surface area (Å²) in [6.07, 6.45) is 21.0. The first kappa shape index (κ1) is 25.8. The van der Waals surface area contributed by atoms with E-state index in [1.54, 1.807) is 0 Å². The number of benzene rings is 3. The van der Waals surface area contributed by atoms with E-state index in [9.17, 15) is 0 Å². The standard InChI is InChI=1S/C22H16.2C5H10.Zr/c1-3-9-17(10-4-1)15-21(18-11-5-2-6-12-18)22-16-19-13-7-8-14-20(19)22;2*1-2-4-5-3-1;/h1-14,16,22H;2*1-5H2;/q-2;;;+4/t22-;;;/m0.../s1. The third kappa shape index (κ3) is 7.86. The molecule has 0 amide bonds. The zero-order valence-electron chi connectivity index (χ0n) is 19.8. The van der Waals surface area contributed by atoms with Crippen molar-refractivity contribution < 1.29 is 26.2 Å². The van der Waals surface area contributed by atoms with Crippen molar-refractivity contribution in [3.63, 3.8) is 0 Å². The Morgan fingerprint density at radius 1 is 0.576 bits per heavy atom. The fourth-order valence-corrected chi connectivity index (χ4v) is 4.75. The molecule has 6 rings (SSSR count). The normalized spacial score (nSPS) is 18.2. The van der Waals surface area contributed by atoms with Crippen molar-refractivity contribution in [2.45, 2.75) is 70.1 Å². The fourth-order valence-electron chi connectivity index (χ4n) is 4.75. The van der Waals surface area contributed by atoms with Crippen LogP contribution < -0.4 is 0 Å². The van der Waals surface area contributed by atoms with Gasteiger partial charge in [-0.15, -0.1) is 53.6 Å². The van der Waals surface area contributed by atoms with Gasteiger partial charge in [-0.3, -0.25) is 0 Å². The van der Waals surface area contributed by atoms with Crippen LogP contribution in [0.25, 0.3) is 5.57 Å². The Hall–Kier alpha value is -1.85. The van der Waals surface area contributed by atoms with E-state index < -0.39 is 0 Å². The predicted octanol–water partition coefficient (Wildman–Crippen LogP) is 9.17. The zero-order chi connectivity index (χ0) is 21.8. The van der Waals surface area contributed by atoms with E-state index in [2.05, 4.69) is 91.4 Å². The summed E-state index contributed by atoms with van der Waals surface area (Å²) >= 11 is 0. The quantitative estimate of drug-likeness (QED) is 0.243. The SMILES string of the molecule is C1CCCC1.C1CCCC1.[C-](=C(c1ccccc1)[C@H]1[CH-]c2ccccc21)c1ccccc1.[Zr+4]. The van der Waals surface area contributed by atoms with Crippen molar-refractivity contribution in [1.29, 1.82) is 0 Å². The van der Waals surface area contributed by atoms with E-state index in [-0.39, 0.29) is 26.2 Å². The topological polar surface area (TPSA) is 0 Å². The molecule has 2 saturated carbocycles. The van der Waals surface area contributed by atoms with Gasteiger partial charge >= 0.3 is 26.2 Å². The minimum Gasteiger partial charge on any atom is -0.189 e. The molecule has 0 heterocycles. The van der Waals surface area contributed by atoms with Crippen molar-refractivity contribution in [3.8, 4) is 0 Å². The van der Waals surface area contributed by atoms with Crippen LogP contribution in [0.1, 0.15) is 92.4 Å². The summed E-state index contributed by atoms with van der Waals surface area (Å²) < 4.78 is 0. The van der Waals surface area contributed by atoms with Crippen molar-refractivity contribution in [2.24, 2.45) is 0 Å². The molecule has 3 aromatic carbocycles. The molecule has 166 valence electrons. The fraction of sp³-hybridized carbons (Fsp3) is 0.344. The molecule has 2 fully saturated rings. The maximum atomic E-state index is 3.62. The van der Waals surface area contributed by atoms with Gasteiger partial charge in [0.1, 0.15) is 0 Å². The van der Waals surface area contributed by atoms with Crippen LogP contribution in [0.2, 0.25) is 0 Å². The Labute approximate surface area is 220 Å². The minimum absolute atomic E-state index is 0. The molecule has 0 N–H and O–H groups in total. The average molecular weight is 512 g/mol. The Bertz CT molecular complexity index is 925. The average Bonchev–Trinajstić information content (AvgIpc) is 3.60. The molecule has 0 spiro atoms. The smallest absolute Gasteiger partial charge is 0.189 e. The molecule has 3 aromatic rings. The predicted molar refractivity (Wildman–Crippen MR) is 137 cm³/mol. The summed E-state index contributed by atoms with van der Waals surface area (Å²) in [6, 6.07) is 29.5. The van der Waals surface area contributed by atoms with E-state index in [1.807, 2.05) is 6.07 Å². The van der Waals surface area contributed by atoms with Crippen LogP contribution in [0.15, 0.2) is 84.9 Å².